The monoisotopic (exact) mass is 965 g/mol. The number of hydrogen-bond donors (Lipinski definition) is 6. The van der Waals surface area contributed by atoms with E-state index >= 15 is 0 Å². The molecule has 0 bridgehead atoms. The van der Waals surface area contributed by atoms with Crippen molar-refractivity contribution in [3.05, 3.63) is 119 Å². The lowest BCUT2D eigenvalue weighted by Gasteiger charge is -2.35. The fourth-order valence-electron chi connectivity index (χ4n) is 8.24. The number of benzene rings is 3. The molecule has 370 valence electrons. The number of hydrogen-bond acceptors (Lipinski definition) is 12. The first-order valence-corrected chi connectivity index (χ1v) is 24.4. The van der Waals surface area contributed by atoms with Crippen LogP contribution in [0.2, 0.25) is 0 Å². The molecule has 0 spiro atoms. The summed E-state index contributed by atoms with van der Waals surface area (Å²) in [5, 5.41) is 26.5. The van der Waals surface area contributed by atoms with E-state index in [4.69, 9.17) is 19.4 Å². The molecule has 0 unspecified atom stereocenters. The number of rotatable bonds is 25. The molecule has 6 N–H and O–H groups in total. The quantitative estimate of drug-likeness (QED) is 0.0174. The van der Waals surface area contributed by atoms with Gasteiger partial charge in [-0.25, -0.2) is 10.5 Å². The van der Waals surface area contributed by atoms with E-state index < -0.39 is 35.4 Å². The molecule has 1 aliphatic heterocycles. The third kappa shape index (κ3) is 15.6. The van der Waals surface area contributed by atoms with Crippen LogP contribution in [0.3, 0.4) is 0 Å². The number of carbonyl (C=O) groups excluding carboxylic acids is 4. The van der Waals surface area contributed by atoms with Crippen LogP contribution in [0.25, 0.3) is 27.4 Å². The summed E-state index contributed by atoms with van der Waals surface area (Å²) in [5.74, 6) is -1.74. The summed E-state index contributed by atoms with van der Waals surface area (Å²) in [6, 6.07) is 21.9. The average molecular weight is 966 g/mol. The van der Waals surface area contributed by atoms with Crippen LogP contribution in [-0.4, -0.2) is 131 Å². The number of H-pyrrole nitrogens is 1. The zero-order chi connectivity index (χ0) is 49.3. The van der Waals surface area contributed by atoms with Crippen LogP contribution in [0.4, 0.5) is 0 Å². The second kappa shape index (κ2) is 25.7. The van der Waals surface area contributed by atoms with Gasteiger partial charge in [0.2, 0.25) is 17.7 Å². The summed E-state index contributed by atoms with van der Waals surface area (Å²) in [5.41, 5.74) is 9.96. The van der Waals surface area contributed by atoms with E-state index in [1.54, 1.807) is 22.9 Å². The maximum atomic E-state index is 14.1. The van der Waals surface area contributed by atoms with Crippen molar-refractivity contribution in [2.24, 2.45) is 5.41 Å². The van der Waals surface area contributed by atoms with E-state index in [0.717, 1.165) is 51.3 Å². The normalized spacial score (nSPS) is 16.0. The number of para-hydroxylation sites is 1. The van der Waals surface area contributed by atoms with Crippen LogP contribution in [0, 0.1) is 12.3 Å². The smallest absolute Gasteiger partial charge is 0.267 e. The molecule has 17 heteroatoms. The maximum absolute atomic E-state index is 14.1. The summed E-state index contributed by atoms with van der Waals surface area (Å²) >= 11 is 1.57. The Balaban J connectivity index is 0.885. The Hall–Kier alpha value is -5.79. The van der Waals surface area contributed by atoms with E-state index in [1.807, 2.05) is 101 Å². The van der Waals surface area contributed by atoms with Gasteiger partial charge in [-0.05, 0) is 65.6 Å². The largest absolute Gasteiger partial charge is 0.391 e. The standard InChI is InChI=1S/C52H67N7O9S/c1-35(39-15-17-40(18-16-39)48-36(2)54-34-69-48)55-50(63)45-30-42(60)33-59(45)51(64)49(52(3,4)5)56-46(61)21-24-66-26-28-68-29-27-67-25-23-58(22-20-41-31-53-44-9-7-6-8-43(41)44)32-38-12-10-37(11-13-38)14-19-47(62)57-65/h6-19,31,34-35,42,45,49,53,60,65H,20-30,32-33H2,1-5H3,(H,55,63)(H,56,61)(H,57,62)/b19-14+/t35-,42+,45+,49+/m0/s1. The highest BCUT2D eigenvalue weighted by Gasteiger charge is 2.44. The third-order valence-electron chi connectivity index (χ3n) is 12.1. The molecular formula is C52H67N7O9S. The minimum Gasteiger partial charge on any atom is -0.391 e. The lowest BCUT2D eigenvalue weighted by Crippen LogP contribution is -2.58. The van der Waals surface area contributed by atoms with Crippen molar-refractivity contribution in [3.63, 3.8) is 0 Å². The van der Waals surface area contributed by atoms with Gasteiger partial charge in [0, 0.05) is 62.2 Å². The second-order valence-corrected chi connectivity index (χ2v) is 19.3. The zero-order valence-corrected chi connectivity index (χ0v) is 41.1. The number of ether oxygens (including phenoxy) is 3. The molecule has 5 aromatic rings. The lowest BCUT2D eigenvalue weighted by molar-refractivity contribution is -0.144. The van der Waals surface area contributed by atoms with Gasteiger partial charge in [0.05, 0.1) is 67.9 Å². The van der Waals surface area contributed by atoms with Crippen molar-refractivity contribution < 1.29 is 43.7 Å². The molecule has 1 saturated heterocycles. The first kappa shape index (κ1) is 52.6. The van der Waals surface area contributed by atoms with Crippen molar-refractivity contribution in [2.75, 3.05) is 59.3 Å². The maximum Gasteiger partial charge on any atom is 0.267 e. The minimum atomic E-state index is -0.940. The molecule has 4 atom stereocenters. The van der Waals surface area contributed by atoms with Crippen LogP contribution in [0.15, 0.2) is 90.6 Å². The van der Waals surface area contributed by atoms with Crippen molar-refractivity contribution >= 4 is 51.9 Å². The molecule has 4 amide bonds. The first-order valence-electron chi connectivity index (χ1n) is 23.5. The summed E-state index contributed by atoms with van der Waals surface area (Å²) in [4.78, 5) is 64.8. The van der Waals surface area contributed by atoms with E-state index in [0.29, 0.717) is 39.5 Å². The highest BCUT2D eigenvalue weighted by atomic mass is 32.1. The van der Waals surface area contributed by atoms with Gasteiger partial charge >= 0.3 is 0 Å². The summed E-state index contributed by atoms with van der Waals surface area (Å²) in [7, 11) is 0. The summed E-state index contributed by atoms with van der Waals surface area (Å²) in [6.07, 6.45) is 5.08. The fraction of sp³-hybridized carbons (Fsp3) is 0.442. The summed E-state index contributed by atoms with van der Waals surface area (Å²) in [6.45, 7) is 13.6. The number of nitrogens with zero attached hydrogens (tertiary/aromatic N) is 3. The van der Waals surface area contributed by atoms with Crippen molar-refractivity contribution in [3.8, 4) is 10.4 Å². The Morgan fingerprint density at radius 2 is 1.62 bits per heavy atom. The topological polar surface area (TPSA) is 208 Å². The molecule has 0 radical (unpaired) electrons. The van der Waals surface area contributed by atoms with Crippen molar-refractivity contribution in [1.82, 2.24) is 35.9 Å². The number of aryl methyl sites for hydroxylation is 1. The van der Waals surface area contributed by atoms with E-state index in [2.05, 4.69) is 43.8 Å². The van der Waals surface area contributed by atoms with Gasteiger partial charge in [0.1, 0.15) is 12.1 Å². The Bertz CT molecular complexity index is 2470. The van der Waals surface area contributed by atoms with Crippen molar-refractivity contribution in [2.45, 2.75) is 84.7 Å². The Kier molecular flexibility index (Phi) is 19.6. The number of hydroxylamine groups is 1. The molecule has 6 rings (SSSR count). The third-order valence-corrected chi connectivity index (χ3v) is 13.1. The molecule has 3 heterocycles. The number of aromatic amines is 1. The molecule has 16 nitrogen and oxygen atoms in total. The molecule has 1 fully saturated rings. The average Bonchev–Trinajstić information content (AvgIpc) is 4.08. The predicted octanol–water partition coefficient (Wildman–Crippen LogP) is 5.97. The molecule has 0 saturated carbocycles. The van der Waals surface area contributed by atoms with Gasteiger partial charge in [-0.3, -0.25) is 29.3 Å². The van der Waals surface area contributed by atoms with Crippen LogP contribution < -0.4 is 16.1 Å². The Morgan fingerprint density at radius 3 is 2.30 bits per heavy atom. The highest BCUT2D eigenvalue weighted by Crippen LogP contribution is 2.30. The second-order valence-electron chi connectivity index (χ2n) is 18.4. The Morgan fingerprint density at radius 1 is 0.928 bits per heavy atom. The van der Waals surface area contributed by atoms with Gasteiger partial charge in [0.15, 0.2) is 0 Å². The SMILES string of the molecule is Cc1ncsc1-c1ccc([C@H](C)NC(=O)[C@H]2C[C@@H](O)CN2C(=O)[C@@H](NC(=O)CCOCCOCCOCCN(CCc2c[nH]c3ccccc23)Cc2ccc(/C=C/C(=O)NO)cc2)C(C)(C)C)cc1. The van der Waals surface area contributed by atoms with Gasteiger partial charge in [-0.15, -0.1) is 11.3 Å². The zero-order valence-electron chi connectivity index (χ0n) is 40.2. The number of aliphatic hydroxyl groups excluding tert-OH is 1. The minimum absolute atomic E-state index is 0.0120. The van der Waals surface area contributed by atoms with Gasteiger partial charge in [-0.1, -0.05) is 87.5 Å². The molecule has 69 heavy (non-hydrogen) atoms. The first-order chi connectivity index (χ1) is 33.2. The molecule has 1 aliphatic rings. The summed E-state index contributed by atoms with van der Waals surface area (Å²) < 4.78 is 17.4. The van der Waals surface area contributed by atoms with Crippen LogP contribution in [-0.2, 0) is 46.4 Å². The van der Waals surface area contributed by atoms with E-state index in [9.17, 15) is 24.3 Å². The number of likely N-dealkylation sites (tertiary alicyclic amines) is 1. The van der Waals surface area contributed by atoms with Crippen LogP contribution >= 0.6 is 11.3 Å². The van der Waals surface area contributed by atoms with Crippen LogP contribution in [0.1, 0.15) is 74.5 Å². The molecule has 0 aliphatic carbocycles. The number of β-amino-alcohol motifs (C(OH)–C–C–N with tert-alkyl or cyclic N) is 1. The number of nitrogens with one attached hydrogen (secondary N) is 4. The van der Waals surface area contributed by atoms with E-state index in [1.165, 1.54) is 21.9 Å². The number of aromatic nitrogens is 2. The fourth-order valence-corrected chi connectivity index (χ4v) is 9.05. The van der Waals surface area contributed by atoms with Crippen molar-refractivity contribution in [1.29, 1.82) is 0 Å². The lowest BCUT2D eigenvalue weighted by atomic mass is 9.85. The molecule has 3 aromatic carbocycles. The van der Waals surface area contributed by atoms with Gasteiger partial charge in [-0.2, -0.15) is 0 Å². The highest BCUT2D eigenvalue weighted by molar-refractivity contribution is 7.13. The number of carbonyl (C=O) groups is 4. The molecular weight excluding hydrogens is 899 g/mol. The number of fused-ring (bicyclic) bond motifs is 1. The predicted molar refractivity (Wildman–Crippen MR) is 266 cm³/mol. The number of amides is 4. The van der Waals surface area contributed by atoms with E-state index in [-0.39, 0.29) is 50.5 Å². The number of thiazole rings is 1. The van der Waals surface area contributed by atoms with Gasteiger partial charge < -0.3 is 39.8 Å². The molecule has 2 aromatic heterocycles. The Labute approximate surface area is 408 Å². The van der Waals surface area contributed by atoms with Gasteiger partial charge in [0.25, 0.3) is 5.91 Å². The number of aliphatic hydroxyl groups is 1. The van der Waals surface area contributed by atoms with Crippen LogP contribution in [0.5, 0.6) is 0 Å².